The van der Waals surface area contributed by atoms with Crippen molar-refractivity contribution < 1.29 is 28.5 Å². The van der Waals surface area contributed by atoms with E-state index in [1.54, 1.807) is 44.3 Å². The van der Waals surface area contributed by atoms with E-state index in [-0.39, 0.29) is 18.7 Å². The van der Waals surface area contributed by atoms with E-state index >= 15 is 0 Å². The molecule has 3 aromatic carbocycles. The SMILES string of the molecule is COc1cc(N2CCC(NCCCCCCCSc3cccc4c3C(=O)N(C3CCC(=O)NC3=O)C4=O)CC2)ccc1Nc1ncc(Cl)c(Nc2ccccc2P(C)(C)=O)n1. The van der Waals surface area contributed by atoms with E-state index in [1.807, 2.05) is 42.5 Å². The number of ether oxygens (including phenoxy) is 1. The molecule has 0 bridgehead atoms. The highest BCUT2D eigenvalue weighted by molar-refractivity contribution is 7.99. The molecule has 7 rings (SSSR count). The molecular weight excluding hydrogens is 835 g/mol. The van der Waals surface area contributed by atoms with E-state index in [1.165, 1.54) is 6.20 Å². The molecule has 14 nitrogen and oxygen atoms in total. The van der Waals surface area contributed by atoms with Crippen LogP contribution in [0.4, 0.5) is 28.8 Å². The minimum absolute atomic E-state index is 0.0988. The van der Waals surface area contributed by atoms with Gasteiger partial charge in [0.05, 0.1) is 35.8 Å². The number of thioether (sulfide) groups is 1. The van der Waals surface area contributed by atoms with Gasteiger partial charge in [0.2, 0.25) is 17.8 Å². The highest BCUT2D eigenvalue weighted by Crippen LogP contribution is 2.39. The molecule has 1 atom stereocenters. The van der Waals surface area contributed by atoms with Crippen LogP contribution >= 0.6 is 30.5 Å². The van der Waals surface area contributed by atoms with Crippen LogP contribution < -0.4 is 36.2 Å². The van der Waals surface area contributed by atoms with Gasteiger partial charge in [0, 0.05) is 47.5 Å². The average Bonchev–Trinajstić information content (AvgIpc) is 3.50. The third-order valence-electron chi connectivity index (χ3n) is 11.2. The predicted octanol–water partition coefficient (Wildman–Crippen LogP) is 7.58. The predicted molar refractivity (Wildman–Crippen MR) is 242 cm³/mol. The standard InChI is InChI=1S/C44H52ClN8O6PS/c1-59-35-26-29(16-17-32(35)49-44-47-27-31(45)40(51-44)48-33-13-7-8-14-36(33)60(2,3)58)52-23-20-28(21-24-52)46-22-9-5-4-6-10-25-61-37-15-11-12-30-39(37)43(57)53(42(30)56)34-18-19-38(54)50-41(34)55/h7-8,11-17,26-28,34,46H,4-6,9-10,18-25H2,1-3H3,(H,50,54,55)(H2,47,48,49,51). The first-order valence-electron chi connectivity index (χ1n) is 20.8. The maximum absolute atomic E-state index is 13.3. The Labute approximate surface area is 365 Å². The van der Waals surface area contributed by atoms with E-state index in [0.717, 1.165) is 91.5 Å². The van der Waals surface area contributed by atoms with Gasteiger partial charge < -0.3 is 30.2 Å². The van der Waals surface area contributed by atoms with Crippen LogP contribution in [0.5, 0.6) is 5.75 Å². The number of hydrogen-bond acceptors (Lipinski definition) is 13. The molecule has 0 spiro atoms. The van der Waals surface area contributed by atoms with Gasteiger partial charge in [-0.15, -0.1) is 11.8 Å². The van der Waals surface area contributed by atoms with Crippen molar-refractivity contribution >= 4 is 88.3 Å². The number of aromatic nitrogens is 2. The number of unbranched alkanes of at least 4 members (excludes halogenated alkanes) is 4. The van der Waals surface area contributed by atoms with Gasteiger partial charge in [-0.25, -0.2) is 4.98 Å². The number of methoxy groups -OCH3 is 1. The van der Waals surface area contributed by atoms with Crippen LogP contribution in [0.15, 0.2) is 71.8 Å². The summed E-state index contributed by atoms with van der Waals surface area (Å²) in [7, 11) is -0.905. The first-order valence-corrected chi connectivity index (χ1v) is 24.7. The van der Waals surface area contributed by atoms with Crippen molar-refractivity contribution in [1.82, 2.24) is 25.5 Å². The molecule has 4 heterocycles. The number of nitrogens with one attached hydrogen (secondary N) is 4. The van der Waals surface area contributed by atoms with Crippen LogP contribution in [-0.2, 0) is 14.2 Å². The fourth-order valence-corrected chi connectivity index (χ4v) is 10.4. The second kappa shape index (κ2) is 19.8. The quantitative estimate of drug-likeness (QED) is 0.0334. The Kier molecular flexibility index (Phi) is 14.3. The number of para-hydroxylation sites is 1. The second-order valence-electron chi connectivity index (χ2n) is 15.9. The number of piperidine rings is 2. The molecule has 0 saturated carbocycles. The zero-order chi connectivity index (χ0) is 43.1. The smallest absolute Gasteiger partial charge is 0.263 e. The number of anilines is 5. The molecule has 0 aliphatic carbocycles. The number of fused-ring (bicyclic) bond motifs is 1. The molecule has 3 aliphatic heterocycles. The molecule has 322 valence electrons. The lowest BCUT2D eigenvalue weighted by Gasteiger charge is -2.34. The Morgan fingerprint density at radius 2 is 1.67 bits per heavy atom. The number of amides is 4. The summed E-state index contributed by atoms with van der Waals surface area (Å²) in [6, 6.07) is 18.3. The lowest BCUT2D eigenvalue weighted by molar-refractivity contribution is -0.136. The first kappa shape index (κ1) is 44.1. The Balaban J connectivity index is 0.804. The number of rotatable bonds is 18. The maximum Gasteiger partial charge on any atom is 0.263 e. The minimum atomic E-state index is -2.55. The van der Waals surface area contributed by atoms with Crippen molar-refractivity contribution in [2.24, 2.45) is 0 Å². The van der Waals surface area contributed by atoms with Crippen LogP contribution in [0.3, 0.4) is 0 Å². The monoisotopic (exact) mass is 886 g/mol. The molecular formula is C44H52ClN8O6PS. The number of halogens is 1. The van der Waals surface area contributed by atoms with Crippen LogP contribution in [0.2, 0.25) is 5.02 Å². The molecule has 2 fully saturated rings. The van der Waals surface area contributed by atoms with Gasteiger partial charge in [-0.3, -0.25) is 29.4 Å². The van der Waals surface area contributed by atoms with Crippen molar-refractivity contribution in [2.45, 2.75) is 74.8 Å². The van der Waals surface area contributed by atoms with Gasteiger partial charge in [0.15, 0.2) is 5.82 Å². The first-order chi connectivity index (χ1) is 29.4. The summed E-state index contributed by atoms with van der Waals surface area (Å²) in [5, 5.41) is 13.6. The second-order valence-corrected chi connectivity index (χ2v) is 20.6. The van der Waals surface area contributed by atoms with E-state index in [2.05, 4.69) is 42.2 Å². The maximum atomic E-state index is 13.3. The normalized spacial score (nSPS) is 17.1. The summed E-state index contributed by atoms with van der Waals surface area (Å²) in [6.07, 6.45) is 9.31. The van der Waals surface area contributed by atoms with Crippen LogP contribution in [0.25, 0.3) is 0 Å². The van der Waals surface area contributed by atoms with E-state index in [4.69, 9.17) is 16.3 Å². The fourth-order valence-electron chi connectivity index (χ4n) is 7.98. The van der Waals surface area contributed by atoms with Crippen LogP contribution in [0, 0.1) is 0 Å². The number of nitrogens with zero attached hydrogens (tertiary/aromatic N) is 4. The lowest BCUT2D eigenvalue weighted by atomic mass is 10.0. The molecule has 3 aliphatic rings. The molecule has 1 aromatic heterocycles. The summed E-state index contributed by atoms with van der Waals surface area (Å²) < 4.78 is 18.7. The van der Waals surface area contributed by atoms with Crippen molar-refractivity contribution in [3.8, 4) is 5.75 Å². The Hall–Kier alpha value is -4.95. The number of carbonyl (C=O) groups is 4. The molecule has 61 heavy (non-hydrogen) atoms. The van der Waals surface area contributed by atoms with Gasteiger partial charge in [-0.1, -0.05) is 49.1 Å². The summed E-state index contributed by atoms with van der Waals surface area (Å²) in [5.74, 6) is 0.314. The van der Waals surface area contributed by atoms with Crippen LogP contribution in [-0.4, -0.2) is 96.4 Å². The molecule has 4 aromatic rings. The Morgan fingerprint density at radius 3 is 2.44 bits per heavy atom. The summed E-state index contributed by atoms with van der Waals surface area (Å²) in [4.78, 5) is 63.7. The minimum Gasteiger partial charge on any atom is -0.494 e. The van der Waals surface area contributed by atoms with Gasteiger partial charge in [0.25, 0.3) is 11.8 Å². The summed E-state index contributed by atoms with van der Waals surface area (Å²) in [5.41, 5.74) is 3.17. The van der Waals surface area contributed by atoms with Crippen molar-refractivity contribution in [3.63, 3.8) is 0 Å². The van der Waals surface area contributed by atoms with E-state index in [0.29, 0.717) is 50.7 Å². The van der Waals surface area contributed by atoms with Crippen molar-refractivity contribution in [3.05, 3.63) is 83.0 Å². The number of imide groups is 2. The topological polar surface area (TPSA) is 175 Å². The van der Waals surface area contributed by atoms with Gasteiger partial charge in [-0.2, -0.15) is 4.98 Å². The molecule has 1 unspecified atom stereocenters. The molecule has 4 N–H and O–H groups in total. The van der Waals surface area contributed by atoms with Gasteiger partial charge in [-0.05, 0) is 94.1 Å². The summed E-state index contributed by atoms with van der Waals surface area (Å²) in [6.45, 7) is 6.31. The van der Waals surface area contributed by atoms with Crippen LogP contribution in [0.1, 0.15) is 78.5 Å². The fraction of sp³-hybridized carbons (Fsp3) is 0.409. The largest absolute Gasteiger partial charge is 0.494 e. The zero-order valence-electron chi connectivity index (χ0n) is 34.7. The van der Waals surface area contributed by atoms with Gasteiger partial charge >= 0.3 is 0 Å². The summed E-state index contributed by atoms with van der Waals surface area (Å²) >= 11 is 8.04. The van der Waals surface area contributed by atoms with E-state index < -0.39 is 30.9 Å². The Bertz CT molecular complexity index is 2340. The van der Waals surface area contributed by atoms with Crippen molar-refractivity contribution in [2.75, 3.05) is 61.4 Å². The molecule has 0 radical (unpaired) electrons. The number of hydrogen-bond donors (Lipinski definition) is 4. The molecule has 17 heteroatoms. The third-order valence-corrected chi connectivity index (χ3v) is 14.2. The zero-order valence-corrected chi connectivity index (χ0v) is 37.1. The van der Waals surface area contributed by atoms with Crippen molar-refractivity contribution in [1.29, 1.82) is 0 Å². The molecule has 2 saturated heterocycles. The third kappa shape index (κ3) is 10.6. The average molecular weight is 887 g/mol. The Morgan fingerprint density at radius 1 is 0.902 bits per heavy atom. The highest BCUT2D eigenvalue weighted by atomic mass is 35.5. The lowest BCUT2D eigenvalue weighted by Crippen LogP contribution is -2.54. The molecule has 4 amide bonds. The number of carbonyl (C=O) groups excluding carboxylic acids is 4. The van der Waals surface area contributed by atoms with Gasteiger partial charge in [0.1, 0.15) is 24.0 Å². The highest BCUT2D eigenvalue weighted by Gasteiger charge is 2.45. The number of benzene rings is 3. The van der Waals surface area contributed by atoms with E-state index in [9.17, 15) is 23.7 Å².